The summed E-state index contributed by atoms with van der Waals surface area (Å²) in [6, 6.07) is 8.64. The highest BCUT2D eigenvalue weighted by Gasteiger charge is 2.65. The van der Waals surface area contributed by atoms with Crippen LogP contribution in [0.2, 0.25) is 0 Å². The van der Waals surface area contributed by atoms with Gasteiger partial charge in [0.25, 0.3) is 0 Å². The number of carbonyl (C=O) groups excluding carboxylic acids is 1. The third kappa shape index (κ3) is 2.59. The van der Waals surface area contributed by atoms with Crippen molar-refractivity contribution in [1.29, 1.82) is 0 Å². The highest BCUT2D eigenvalue weighted by Crippen LogP contribution is 2.54. The molecule has 1 saturated heterocycles. The van der Waals surface area contributed by atoms with Crippen molar-refractivity contribution in [1.82, 2.24) is 0 Å². The summed E-state index contributed by atoms with van der Waals surface area (Å²) in [6.45, 7) is 5.46. The predicted octanol–water partition coefficient (Wildman–Crippen LogP) is 3.79. The number of carbonyl (C=O) groups is 1. The number of esters is 1. The van der Waals surface area contributed by atoms with Crippen LogP contribution in [-0.4, -0.2) is 18.7 Å². The molecule has 0 spiro atoms. The van der Waals surface area contributed by atoms with Crippen molar-refractivity contribution in [2.24, 2.45) is 0 Å². The van der Waals surface area contributed by atoms with Gasteiger partial charge in [0, 0.05) is 0 Å². The molecular formula is C19H18F2O3. The predicted molar refractivity (Wildman–Crippen MR) is 84.6 cm³/mol. The largest absolute Gasteiger partial charge is 0.464 e. The fourth-order valence-corrected chi connectivity index (χ4v) is 3.23. The van der Waals surface area contributed by atoms with Gasteiger partial charge in [0.1, 0.15) is 11.6 Å². The molecule has 2 aromatic carbocycles. The maximum absolute atomic E-state index is 13.5. The van der Waals surface area contributed by atoms with Gasteiger partial charge in [0.05, 0.1) is 6.61 Å². The van der Waals surface area contributed by atoms with E-state index in [1.165, 1.54) is 24.3 Å². The molecule has 0 radical (unpaired) electrons. The zero-order valence-corrected chi connectivity index (χ0v) is 13.7. The van der Waals surface area contributed by atoms with E-state index in [0.29, 0.717) is 22.3 Å². The summed E-state index contributed by atoms with van der Waals surface area (Å²) >= 11 is 0. The van der Waals surface area contributed by atoms with Crippen molar-refractivity contribution >= 4 is 5.97 Å². The summed E-state index contributed by atoms with van der Waals surface area (Å²) in [5, 5.41) is 0. The van der Waals surface area contributed by atoms with Crippen molar-refractivity contribution in [3.05, 3.63) is 70.3 Å². The third-order valence-corrected chi connectivity index (χ3v) is 4.29. The maximum atomic E-state index is 13.5. The fourth-order valence-electron chi connectivity index (χ4n) is 3.23. The highest BCUT2D eigenvalue weighted by molar-refractivity contribution is 5.82. The van der Waals surface area contributed by atoms with E-state index in [1.807, 2.05) is 0 Å². The second-order valence-electron chi connectivity index (χ2n) is 5.90. The molecular weight excluding hydrogens is 314 g/mol. The lowest BCUT2D eigenvalue weighted by atomic mass is 9.83. The van der Waals surface area contributed by atoms with Crippen molar-refractivity contribution in [2.75, 3.05) is 6.61 Å². The molecule has 2 aromatic rings. The minimum atomic E-state index is -1.07. The molecule has 3 rings (SSSR count). The van der Waals surface area contributed by atoms with Crippen molar-refractivity contribution < 1.29 is 23.0 Å². The van der Waals surface area contributed by atoms with E-state index >= 15 is 0 Å². The SMILES string of the molecule is CCOC(=O)C1OC1(c1ccc(F)cc1C)c1ccc(F)cc1C. The summed E-state index contributed by atoms with van der Waals surface area (Å²) < 4.78 is 37.9. The van der Waals surface area contributed by atoms with E-state index in [-0.39, 0.29) is 18.2 Å². The fraction of sp³-hybridized carbons (Fsp3) is 0.316. The van der Waals surface area contributed by atoms with Crippen LogP contribution in [0.25, 0.3) is 0 Å². The molecule has 0 N–H and O–H groups in total. The Hall–Kier alpha value is -2.27. The first kappa shape index (κ1) is 16.6. The zero-order valence-electron chi connectivity index (χ0n) is 13.7. The Morgan fingerprint density at radius 3 is 2.00 bits per heavy atom. The lowest BCUT2D eigenvalue weighted by Gasteiger charge is -2.19. The average molecular weight is 332 g/mol. The molecule has 1 aliphatic heterocycles. The van der Waals surface area contributed by atoms with Crippen LogP contribution in [0, 0.1) is 25.5 Å². The standard InChI is InChI=1S/C19H18F2O3/c1-4-23-18(22)17-19(24-17,15-7-5-13(20)9-11(15)2)16-8-6-14(21)10-12(16)3/h5-10,17H,4H2,1-3H3. The van der Waals surface area contributed by atoms with Gasteiger partial charge in [0.2, 0.25) is 0 Å². The molecule has 0 bridgehead atoms. The van der Waals surface area contributed by atoms with Gasteiger partial charge in [-0.05, 0) is 67.3 Å². The van der Waals surface area contributed by atoms with Crippen LogP contribution in [0.1, 0.15) is 29.2 Å². The highest BCUT2D eigenvalue weighted by atomic mass is 19.1. The quantitative estimate of drug-likeness (QED) is 0.632. The van der Waals surface area contributed by atoms with Crippen LogP contribution in [0.5, 0.6) is 0 Å². The number of halogens is 2. The molecule has 0 aliphatic carbocycles. The van der Waals surface area contributed by atoms with Crippen LogP contribution >= 0.6 is 0 Å². The summed E-state index contributed by atoms with van der Waals surface area (Å²) in [7, 11) is 0. The summed E-state index contributed by atoms with van der Waals surface area (Å²) in [5.74, 6) is -1.21. The number of rotatable bonds is 4. The first-order chi connectivity index (χ1) is 11.4. The van der Waals surface area contributed by atoms with E-state index in [9.17, 15) is 13.6 Å². The molecule has 0 aromatic heterocycles. The second-order valence-corrected chi connectivity index (χ2v) is 5.90. The average Bonchev–Trinajstić information content (AvgIpc) is 3.23. The van der Waals surface area contributed by atoms with Gasteiger partial charge in [-0.25, -0.2) is 13.6 Å². The lowest BCUT2D eigenvalue weighted by Crippen LogP contribution is -2.24. The topological polar surface area (TPSA) is 38.8 Å². The Bertz CT molecular complexity index is 750. The number of hydrogen-bond acceptors (Lipinski definition) is 3. The van der Waals surface area contributed by atoms with Crippen LogP contribution in [0.3, 0.4) is 0 Å². The maximum Gasteiger partial charge on any atom is 0.339 e. The van der Waals surface area contributed by atoms with Gasteiger partial charge in [-0.3, -0.25) is 0 Å². The van der Waals surface area contributed by atoms with Gasteiger partial charge in [-0.1, -0.05) is 12.1 Å². The molecule has 24 heavy (non-hydrogen) atoms. The van der Waals surface area contributed by atoms with E-state index in [1.54, 1.807) is 32.9 Å². The smallest absolute Gasteiger partial charge is 0.339 e. The molecule has 1 aliphatic rings. The number of benzene rings is 2. The molecule has 0 amide bonds. The van der Waals surface area contributed by atoms with E-state index in [4.69, 9.17) is 9.47 Å². The van der Waals surface area contributed by atoms with E-state index in [2.05, 4.69) is 0 Å². The molecule has 3 nitrogen and oxygen atoms in total. The molecule has 126 valence electrons. The van der Waals surface area contributed by atoms with Crippen molar-refractivity contribution in [3.8, 4) is 0 Å². The minimum Gasteiger partial charge on any atom is -0.464 e. The number of hydrogen-bond donors (Lipinski definition) is 0. The zero-order chi connectivity index (χ0) is 17.5. The lowest BCUT2D eigenvalue weighted by molar-refractivity contribution is -0.144. The molecule has 1 fully saturated rings. The van der Waals surface area contributed by atoms with Crippen molar-refractivity contribution in [3.63, 3.8) is 0 Å². The van der Waals surface area contributed by atoms with Crippen LogP contribution in [0.4, 0.5) is 8.78 Å². The second kappa shape index (κ2) is 5.98. The minimum absolute atomic E-state index is 0.236. The number of epoxide rings is 1. The van der Waals surface area contributed by atoms with Gasteiger partial charge < -0.3 is 9.47 Å². The van der Waals surface area contributed by atoms with Crippen molar-refractivity contribution in [2.45, 2.75) is 32.5 Å². The number of aryl methyl sites for hydroxylation is 2. The Balaban J connectivity index is 2.15. The molecule has 5 heteroatoms. The van der Waals surface area contributed by atoms with E-state index < -0.39 is 17.7 Å². The monoisotopic (exact) mass is 332 g/mol. The Morgan fingerprint density at radius 2 is 1.58 bits per heavy atom. The molecule has 1 unspecified atom stereocenters. The van der Waals surface area contributed by atoms with Gasteiger partial charge in [-0.15, -0.1) is 0 Å². The van der Waals surface area contributed by atoms with Gasteiger partial charge >= 0.3 is 5.97 Å². The Kier molecular flexibility index (Phi) is 4.13. The number of ether oxygens (including phenoxy) is 2. The summed E-state index contributed by atoms with van der Waals surface area (Å²) in [6.07, 6.45) is -0.828. The van der Waals surface area contributed by atoms with Crippen LogP contribution in [0.15, 0.2) is 36.4 Å². The first-order valence-corrected chi connectivity index (χ1v) is 7.78. The summed E-state index contributed by atoms with van der Waals surface area (Å²) in [4.78, 5) is 12.2. The third-order valence-electron chi connectivity index (χ3n) is 4.29. The Labute approximate surface area is 139 Å². The van der Waals surface area contributed by atoms with Gasteiger partial charge in [-0.2, -0.15) is 0 Å². The Morgan fingerprint density at radius 1 is 1.08 bits per heavy atom. The first-order valence-electron chi connectivity index (χ1n) is 7.78. The molecule has 1 heterocycles. The molecule has 1 atom stereocenters. The van der Waals surface area contributed by atoms with Gasteiger partial charge in [0.15, 0.2) is 11.7 Å². The van der Waals surface area contributed by atoms with Crippen LogP contribution in [-0.2, 0) is 19.9 Å². The summed E-state index contributed by atoms with van der Waals surface area (Å²) in [5.41, 5.74) is 1.60. The van der Waals surface area contributed by atoms with E-state index in [0.717, 1.165) is 0 Å². The normalized spacial score (nSPS) is 18.3. The van der Waals surface area contributed by atoms with Crippen LogP contribution < -0.4 is 0 Å². The molecule has 0 saturated carbocycles.